The molecule has 0 spiro atoms. The molecule has 3 aromatic rings. The average molecular weight is 406 g/mol. The van der Waals surface area contributed by atoms with E-state index in [9.17, 15) is 8.42 Å². The van der Waals surface area contributed by atoms with Crippen molar-refractivity contribution in [1.29, 1.82) is 0 Å². The number of benzene rings is 3. The first-order valence-electron chi connectivity index (χ1n) is 9.52. The average Bonchev–Trinajstić information content (AvgIpc) is 2.71. The number of fused-ring (bicyclic) bond motifs is 1. The molecule has 4 rings (SSSR count). The highest BCUT2D eigenvalue weighted by molar-refractivity contribution is 7.89. The Hall–Kier alpha value is -2.89. The van der Waals surface area contributed by atoms with E-state index in [0.717, 1.165) is 28.0 Å². The monoisotopic (exact) mass is 405 g/mol. The molecule has 29 heavy (non-hydrogen) atoms. The molecule has 1 aliphatic rings. The highest BCUT2D eigenvalue weighted by Gasteiger charge is 2.32. The van der Waals surface area contributed by atoms with Crippen molar-refractivity contribution in [3.05, 3.63) is 101 Å². The first kappa shape index (κ1) is 19.4. The van der Waals surface area contributed by atoms with Gasteiger partial charge in [-0.25, -0.2) is 8.42 Å². The van der Waals surface area contributed by atoms with Crippen LogP contribution in [-0.4, -0.2) is 14.5 Å². The second-order valence-electron chi connectivity index (χ2n) is 7.25. The lowest BCUT2D eigenvalue weighted by atomic mass is 9.91. The summed E-state index contributed by atoms with van der Waals surface area (Å²) in [5, 5.41) is 0. The minimum absolute atomic E-state index is 0.241. The number of hydrogen-bond acceptors (Lipinski definition) is 3. The quantitative estimate of drug-likeness (QED) is 0.664. The van der Waals surface area contributed by atoms with Crippen molar-refractivity contribution in [1.82, 2.24) is 4.72 Å². The maximum absolute atomic E-state index is 13.1. The van der Waals surface area contributed by atoms with E-state index in [1.807, 2.05) is 74.5 Å². The fraction of sp³-hybridized carbons (Fsp3) is 0.167. The van der Waals surface area contributed by atoms with E-state index in [1.165, 1.54) is 0 Å². The van der Waals surface area contributed by atoms with E-state index in [2.05, 4.69) is 4.72 Å². The Kier molecular flexibility index (Phi) is 5.26. The number of rotatable bonds is 5. The summed E-state index contributed by atoms with van der Waals surface area (Å²) >= 11 is 0. The summed E-state index contributed by atoms with van der Waals surface area (Å²) in [6.07, 6.45) is 3.43. The Labute approximate surface area is 171 Å². The van der Waals surface area contributed by atoms with E-state index < -0.39 is 22.2 Å². The molecule has 1 N–H and O–H groups in total. The third kappa shape index (κ3) is 4.11. The van der Waals surface area contributed by atoms with Gasteiger partial charge in [0.25, 0.3) is 0 Å². The van der Waals surface area contributed by atoms with E-state index in [0.29, 0.717) is 0 Å². The van der Waals surface area contributed by atoms with Crippen LogP contribution in [0.3, 0.4) is 0 Å². The van der Waals surface area contributed by atoms with Gasteiger partial charge in [0.1, 0.15) is 11.9 Å². The van der Waals surface area contributed by atoms with Crippen molar-refractivity contribution in [3.63, 3.8) is 0 Å². The number of aryl methyl sites for hydroxylation is 2. The van der Waals surface area contributed by atoms with Crippen LogP contribution in [0.15, 0.2) is 83.8 Å². The van der Waals surface area contributed by atoms with Gasteiger partial charge in [-0.1, -0.05) is 66.2 Å². The Morgan fingerprint density at radius 2 is 1.55 bits per heavy atom. The van der Waals surface area contributed by atoms with Crippen LogP contribution in [0.25, 0.3) is 6.08 Å². The molecule has 0 saturated carbocycles. The summed E-state index contributed by atoms with van der Waals surface area (Å²) in [5.74, 6) is 0.737. The predicted molar refractivity (Wildman–Crippen MR) is 115 cm³/mol. The van der Waals surface area contributed by atoms with E-state index >= 15 is 0 Å². The molecule has 3 aromatic carbocycles. The third-order valence-corrected chi connectivity index (χ3v) is 6.55. The number of hydrogen-bond donors (Lipinski definition) is 1. The van der Waals surface area contributed by atoms with Crippen molar-refractivity contribution >= 4 is 16.1 Å². The maximum atomic E-state index is 13.1. The molecule has 0 aromatic heterocycles. The van der Waals surface area contributed by atoms with Gasteiger partial charge in [0.05, 0.1) is 10.9 Å². The van der Waals surface area contributed by atoms with Crippen LogP contribution in [0, 0.1) is 13.8 Å². The first-order valence-corrected chi connectivity index (χ1v) is 11.0. The van der Waals surface area contributed by atoms with Gasteiger partial charge in [-0.3, -0.25) is 0 Å². The van der Waals surface area contributed by atoms with Gasteiger partial charge in [-0.05, 0) is 54.8 Å². The molecule has 0 unspecified atom stereocenters. The maximum Gasteiger partial charge on any atom is 0.241 e. The molecule has 2 atom stereocenters. The number of ether oxygens (including phenoxy) is 1. The summed E-state index contributed by atoms with van der Waals surface area (Å²) < 4.78 is 35.3. The minimum Gasteiger partial charge on any atom is -0.484 e. The zero-order valence-corrected chi connectivity index (χ0v) is 17.2. The predicted octanol–water partition coefficient (Wildman–Crippen LogP) is 4.80. The van der Waals surface area contributed by atoms with Gasteiger partial charge >= 0.3 is 0 Å². The highest BCUT2D eigenvalue weighted by Crippen LogP contribution is 2.33. The molecule has 0 amide bonds. The standard InChI is InChI=1S/C24H23NO3S/c1-17-11-14-20(15-12-17)29(26,27)25-24-21-9-5-4-8-19(21)13-16-23(24)28-22-10-6-3-7-18(22)2/h3-16,23-25H,1-2H3/t23-,24-/m1/s1. The van der Waals surface area contributed by atoms with Crippen LogP contribution in [-0.2, 0) is 10.0 Å². The summed E-state index contributed by atoms with van der Waals surface area (Å²) in [6, 6.07) is 21.8. The first-order chi connectivity index (χ1) is 13.9. The Bertz CT molecular complexity index is 1150. The van der Waals surface area contributed by atoms with Crippen LogP contribution in [0.4, 0.5) is 0 Å². The van der Waals surface area contributed by atoms with E-state index in [1.54, 1.807) is 24.3 Å². The molecule has 0 bridgehead atoms. The van der Waals surface area contributed by atoms with Crippen molar-refractivity contribution in [2.75, 3.05) is 0 Å². The second kappa shape index (κ2) is 7.85. The van der Waals surface area contributed by atoms with Gasteiger partial charge in [0.2, 0.25) is 10.0 Å². The summed E-state index contributed by atoms with van der Waals surface area (Å²) in [6.45, 7) is 3.90. The van der Waals surface area contributed by atoms with Crippen molar-refractivity contribution < 1.29 is 13.2 Å². The van der Waals surface area contributed by atoms with Gasteiger partial charge in [0.15, 0.2) is 0 Å². The summed E-state index contributed by atoms with van der Waals surface area (Å²) in [7, 11) is -3.72. The fourth-order valence-electron chi connectivity index (χ4n) is 3.46. The van der Waals surface area contributed by atoms with E-state index in [4.69, 9.17) is 4.74 Å². The topological polar surface area (TPSA) is 55.4 Å². The lowest BCUT2D eigenvalue weighted by molar-refractivity contribution is 0.207. The van der Waals surface area contributed by atoms with Crippen LogP contribution in [0.5, 0.6) is 5.75 Å². The highest BCUT2D eigenvalue weighted by atomic mass is 32.2. The number of nitrogens with one attached hydrogen (secondary N) is 1. The van der Waals surface area contributed by atoms with Crippen molar-refractivity contribution in [2.24, 2.45) is 0 Å². The van der Waals surface area contributed by atoms with Crippen LogP contribution in [0.1, 0.15) is 28.3 Å². The van der Waals surface area contributed by atoms with E-state index in [-0.39, 0.29) is 4.90 Å². The molecule has 1 aliphatic carbocycles. The molecule has 5 heteroatoms. The molecule has 0 fully saturated rings. The normalized spacial score (nSPS) is 18.3. The molecule has 0 heterocycles. The second-order valence-corrected chi connectivity index (χ2v) is 8.96. The molecule has 148 valence electrons. The van der Waals surface area contributed by atoms with Gasteiger partial charge in [-0.15, -0.1) is 0 Å². The van der Waals surface area contributed by atoms with Crippen molar-refractivity contribution in [3.8, 4) is 5.75 Å². The molecule has 0 aliphatic heterocycles. The lowest BCUT2D eigenvalue weighted by Crippen LogP contribution is -2.39. The van der Waals surface area contributed by atoms with Crippen LogP contribution in [0.2, 0.25) is 0 Å². The largest absolute Gasteiger partial charge is 0.484 e. The molecule has 0 saturated heterocycles. The minimum atomic E-state index is -3.72. The molecular formula is C24H23NO3S. The Morgan fingerprint density at radius 1 is 0.862 bits per heavy atom. The fourth-order valence-corrected chi connectivity index (χ4v) is 4.68. The number of para-hydroxylation sites is 1. The zero-order valence-electron chi connectivity index (χ0n) is 16.4. The number of sulfonamides is 1. The van der Waals surface area contributed by atoms with Crippen LogP contribution < -0.4 is 9.46 Å². The molecular weight excluding hydrogens is 382 g/mol. The van der Waals surface area contributed by atoms with Crippen molar-refractivity contribution in [2.45, 2.75) is 30.9 Å². The smallest absolute Gasteiger partial charge is 0.241 e. The van der Waals surface area contributed by atoms with Gasteiger partial charge < -0.3 is 4.74 Å². The summed E-state index contributed by atoms with van der Waals surface area (Å²) in [4.78, 5) is 0.241. The van der Waals surface area contributed by atoms with Gasteiger partial charge in [-0.2, -0.15) is 4.72 Å². The molecule has 0 radical (unpaired) electrons. The Balaban J connectivity index is 1.70. The van der Waals surface area contributed by atoms with Gasteiger partial charge in [0, 0.05) is 0 Å². The third-order valence-electron chi connectivity index (χ3n) is 5.10. The van der Waals surface area contributed by atoms with Crippen LogP contribution >= 0.6 is 0 Å². The molecule has 4 nitrogen and oxygen atoms in total. The zero-order chi connectivity index (χ0) is 20.4. The Morgan fingerprint density at radius 3 is 2.31 bits per heavy atom. The lowest BCUT2D eigenvalue weighted by Gasteiger charge is -2.31. The summed E-state index contributed by atoms with van der Waals surface area (Å²) in [5.41, 5.74) is 3.88. The SMILES string of the molecule is Cc1ccc(S(=O)(=O)N[C@@H]2c3ccccc3C=C[C@H]2Oc2ccccc2C)cc1.